The quantitative estimate of drug-likeness (QED) is 0.612. The van der Waals surface area contributed by atoms with Gasteiger partial charge in [-0.2, -0.15) is 4.99 Å². The van der Waals surface area contributed by atoms with E-state index in [-0.39, 0.29) is 5.91 Å². The summed E-state index contributed by atoms with van der Waals surface area (Å²) in [5.41, 5.74) is 3.49. The predicted molar refractivity (Wildman–Crippen MR) is 77.7 cm³/mol. The number of fused-ring (bicyclic) bond motifs is 1. The lowest BCUT2D eigenvalue weighted by atomic mass is 9.99. The van der Waals surface area contributed by atoms with Gasteiger partial charge >= 0.3 is 0 Å². The number of rotatable bonds is 2. The summed E-state index contributed by atoms with van der Waals surface area (Å²) in [4.78, 5) is 22.3. The third-order valence-electron chi connectivity index (χ3n) is 2.90. The zero-order valence-corrected chi connectivity index (χ0v) is 11.6. The molecular formula is C15H17N3O. The van der Waals surface area contributed by atoms with Crippen molar-refractivity contribution < 1.29 is 4.79 Å². The first kappa shape index (κ1) is 13.2. The molecule has 1 aromatic heterocycles. The van der Waals surface area contributed by atoms with E-state index in [0.29, 0.717) is 5.56 Å². The zero-order valence-electron chi connectivity index (χ0n) is 11.6. The first-order valence-electron chi connectivity index (χ1n) is 6.10. The molecule has 1 heterocycles. The Bertz CT molecular complexity index is 660. The van der Waals surface area contributed by atoms with Crippen LogP contribution in [0.25, 0.3) is 10.9 Å². The van der Waals surface area contributed by atoms with Gasteiger partial charge in [0.25, 0.3) is 5.91 Å². The third-order valence-corrected chi connectivity index (χ3v) is 2.90. The van der Waals surface area contributed by atoms with Gasteiger partial charge in [0.05, 0.1) is 17.4 Å². The number of pyridine rings is 1. The Hall–Kier alpha value is -2.23. The lowest BCUT2D eigenvalue weighted by molar-refractivity contribution is 0.100. The molecule has 2 aromatic rings. The molecule has 1 amide bonds. The predicted octanol–water partition coefficient (Wildman–Crippen LogP) is 2.58. The molecule has 0 aliphatic carbocycles. The molecule has 0 radical (unpaired) electrons. The fourth-order valence-corrected chi connectivity index (χ4v) is 2.12. The van der Waals surface area contributed by atoms with Crippen LogP contribution in [0, 0.1) is 13.8 Å². The minimum atomic E-state index is -0.232. The number of carbonyl (C=O) groups is 1. The van der Waals surface area contributed by atoms with Gasteiger partial charge in [-0.05, 0) is 31.0 Å². The summed E-state index contributed by atoms with van der Waals surface area (Å²) in [5, 5.41) is 0.862. The van der Waals surface area contributed by atoms with Crippen LogP contribution in [0.1, 0.15) is 21.5 Å². The van der Waals surface area contributed by atoms with Crippen molar-refractivity contribution in [1.29, 1.82) is 0 Å². The number of aliphatic imine (C=N–C) groups is 1. The third kappa shape index (κ3) is 2.62. The maximum absolute atomic E-state index is 12.2. The van der Waals surface area contributed by atoms with Crippen LogP contribution in [0.3, 0.4) is 0 Å². The molecule has 19 heavy (non-hydrogen) atoms. The average Bonchev–Trinajstić information content (AvgIpc) is 2.36. The fourth-order valence-electron chi connectivity index (χ4n) is 2.12. The van der Waals surface area contributed by atoms with Crippen molar-refractivity contribution in [2.45, 2.75) is 13.8 Å². The van der Waals surface area contributed by atoms with Crippen molar-refractivity contribution in [3.63, 3.8) is 0 Å². The van der Waals surface area contributed by atoms with Gasteiger partial charge in [-0.25, -0.2) is 0 Å². The van der Waals surface area contributed by atoms with E-state index in [4.69, 9.17) is 0 Å². The Morgan fingerprint density at radius 2 is 2.05 bits per heavy atom. The summed E-state index contributed by atoms with van der Waals surface area (Å²) in [6.45, 7) is 3.93. The van der Waals surface area contributed by atoms with Gasteiger partial charge in [-0.3, -0.25) is 9.78 Å². The molecule has 4 nitrogen and oxygen atoms in total. The summed E-state index contributed by atoms with van der Waals surface area (Å²) in [7, 11) is 3.66. The highest BCUT2D eigenvalue weighted by Gasteiger charge is 2.14. The van der Waals surface area contributed by atoms with Crippen LogP contribution < -0.4 is 0 Å². The highest BCUT2D eigenvalue weighted by Crippen LogP contribution is 2.24. The number of nitrogens with zero attached hydrogens (tertiary/aromatic N) is 3. The minimum absolute atomic E-state index is 0.232. The van der Waals surface area contributed by atoms with Crippen molar-refractivity contribution in [1.82, 2.24) is 9.88 Å². The number of carbonyl (C=O) groups excluding carboxylic acids is 1. The Kier molecular flexibility index (Phi) is 3.60. The Labute approximate surface area is 112 Å². The van der Waals surface area contributed by atoms with E-state index in [9.17, 15) is 4.79 Å². The van der Waals surface area contributed by atoms with Gasteiger partial charge in [-0.1, -0.05) is 12.1 Å². The maximum atomic E-state index is 12.2. The molecule has 0 spiro atoms. The number of benzene rings is 1. The van der Waals surface area contributed by atoms with Crippen LogP contribution >= 0.6 is 0 Å². The highest BCUT2D eigenvalue weighted by atomic mass is 16.1. The van der Waals surface area contributed by atoms with Crippen LogP contribution in [0.15, 0.2) is 29.4 Å². The van der Waals surface area contributed by atoms with Crippen LogP contribution in [0.5, 0.6) is 0 Å². The van der Waals surface area contributed by atoms with Crippen molar-refractivity contribution in [3.05, 3.63) is 41.1 Å². The number of hydrogen-bond acceptors (Lipinski definition) is 2. The topological polar surface area (TPSA) is 45.6 Å². The van der Waals surface area contributed by atoms with Gasteiger partial charge in [0, 0.05) is 25.7 Å². The van der Waals surface area contributed by atoms with Gasteiger partial charge in [0.15, 0.2) is 0 Å². The van der Waals surface area contributed by atoms with Gasteiger partial charge < -0.3 is 4.90 Å². The summed E-state index contributed by atoms with van der Waals surface area (Å²) in [6.07, 6.45) is 3.26. The van der Waals surface area contributed by atoms with Gasteiger partial charge in [-0.15, -0.1) is 0 Å². The summed E-state index contributed by atoms with van der Waals surface area (Å²) >= 11 is 0. The van der Waals surface area contributed by atoms with Gasteiger partial charge in [0.2, 0.25) is 0 Å². The summed E-state index contributed by atoms with van der Waals surface area (Å²) < 4.78 is 0. The van der Waals surface area contributed by atoms with Crippen LogP contribution in [0.2, 0.25) is 0 Å². The molecule has 2 rings (SSSR count). The molecule has 0 bridgehead atoms. The largest absolute Gasteiger partial charge is 0.369 e. The van der Waals surface area contributed by atoms with Crippen LogP contribution in [0.4, 0.5) is 0 Å². The number of hydrogen-bond donors (Lipinski definition) is 0. The van der Waals surface area contributed by atoms with E-state index in [0.717, 1.165) is 22.0 Å². The van der Waals surface area contributed by atoms with Crippen molar-refractivity contribution >= 4 is 23.1 Å². The van der Waals surface area contributed by atoms with E-state index >= 15 is 0 Å². The molecule has 0 unspecified atom stereocenters. The molecule has 4 heteroatoms. The Balaban J connectivity index is 2.63. The van der Waals surface area contributed by atoms with E-state index in [1.807, 2.05) is 46.1 Å². The lowest BCUT2D eigenvalue weighted by Crippen LogP contribution is -2.10. The second-order valence-corrected chi connectivity index (χ2v) is 4.80. The second kappa shape index (κ2) is 5.18. The minimum Gasteiger partial charge on any atom is -0.369 e. The Morgan fingerprint density at radius 3 is 2.74 bits per heavy atom. The summed E-state index contributed by atoms with van der Waals surface area (Å²) in [6, 6.07) is 5.74. The van der Waals surface area contributed by atoms with E-state index < -0.39 is 0 Å². The van der Waals surface area contributed by atoms with Crippen molar-refractivity contribution in [2.75, 3.05) is 14.1 Å². The number of aromatic nitrogens is 1. The molecule has 0 saturated carbocycles. The standard InChI is InChI=1S/C15H17N3O/c1-10-8-11(2)14-12(6-5-7-16-14)13(10)15(19)17-9-18(3)4/h5-9H,1-4H3/b17-9+. The molecule has 0 N–H and O–H groups in total. The van der Waals surface area contributed by atoms with E-state index in [1.165, 1.54) is 6.34 Å². The molecule has 0 fully saturated rings. The monoisotopic (exact) mass is 255 g/mol. The SMILES string of the molecule is Cc1cc(C)c2ncccc2c1C(=O)/N=C/N(C)C. The molecular weight excluding hydrogens is 238 g/mol. The van der Waals surface area contributed by atoms with Crippen molar-refractivity contribution in [3.8, 4) is 0 Å². The molecule has 0 aliphatic heterocycles. The van der Waals surface area contributed by atoms with Gasteiger partial charge in [0.1, 0.15) is 0 Å². The summed E-state index contributed by atoms with van der Waals surface area (Å²) in [5.74, 6) is -0.232. The normalized spacial score (nSPS) is 11.2. The van der Waals surface area contributed by atoms with E-state index in [1.54, 1.807) is 11.1 Å². The molecule has 0 atom stereocenters. The number of aryl methyl sites for hydroxylation is 2. The molecule has 1 aromatic carbocycles. The number of amides is 1. The molecule has 0 saturated heterocycles. The zero-order chi connectivity index (χ0) is 14.0. The first-order valence-corrected chi connectivity index (χ1v) is 6.10. The first-order chi connectivity index (χ1) is 9.00. The highest BCUT2D eigenvalue weighted by molar-refractivity contribution is 6.10. The van der Waals surface area contributed by atoms with Crippen LogP contribution in [-0.2, 0) is 0 Å². The molecule has 0 aliphatic rings. The average molecular weight is 255 g/mol. The molecule has 98 valence electrons. The second-order valence-electron chi connectivity index (χ2n) is 4.80. The smallest absolute Gasteiger partial charge is 0.279 e. The lowest BCUT2D eigenvalue weighted by Gasteiger charge is -2.09. The van der Waals surface area contributed by atoms with Crippen LogP contribution in [-0.4, -0.2) is 36.2 Å². The fraction of sp³-hybridized carbons (Fsp3) is 0.267. The van der Waals surface area contributed by atoms with E-state index in [2.05, 4.69) is 9.98 Å². The van der Waals surface area contributed by atoms with Crippen molar-refractivity contribution in [2.24, 2.45) is 4.99 Å². The Morgan fingerprint density at radius 1 is 1.32 bits per heavy atom. The maximum Gasteiger partial charge on any atom is 0.279 e.